The lowest BCUT2D eigenvalue weighted by atomic mass is 10.1. The zero-order valence-corrected chi connectivity index (χ0v) is 10.8. The fourth-order valence-corrected chi connectivity index (χ4v) is 2.41. The Hall–Kier alpha value is -0.770. The van der Waals surface area contributed by atoms with E-state index in [-0.39, 0.29) is 12.7 Å². The molecule has 0 aliphatic carbocycles. The fourth-order valence-electron chi connectivity index (χ4n) is 2.09. The number of nitrogens with zero attached hydrogens (tertiary/aromatic N) is 1. The van der Waals surface area contributed by atoms with Crippen molar-refractivity contribution in [1.29, 1.82) is 0 Å². The van der Waals surface area contributed by atoms with Crippen molar-refractivity contribution in [3.05, 3.63) is 28.8 Å². The van der Waals surface area contributed by atoms with Gasteiger partial charge in [0.25, 0.3) is 0 Å². The number of hydrogen-bond acceptors (Lipinski definition) is 3. The summed E-state index contributed by atoms with van der Waals surface area (Å²) in [6.45, 7) is 4.66. The average Bonchev–Trinajstić information content (AvgIpc) is 2.38. The fraction of sp³-hybridized carbons (Fsp3) is 0.538. The van der Waals surface area contributed by atoms with Gasteiger partial charge in [-0.15, -0.1) is 0 Å². The number of aliphatic hydroxyl groups excluding tert-OH is 1. The number of hydrogen-bond donors (Lipinski definition) is 1. The van der Waals surface area contributed by atoms with E-state index in [0.29, 0.717) is 5.02 Å². The predicted octanol–water partition coefficient (Wildman–Crippen LogP) is 2.45. The smallest absolute Gasteiger partial charge is 0.0748 e. The summed E-state index contributed by atoms with van der Waals surface area (Å²) < 4.78 is 5.64. The number of rotatable bonds is 3. The maximum Gasteiger partial charge on any atom is 0.0748 e. The Morgan fingerprint density at radius 2 is 2.35 bits per heavy atom. The van der Waals surface area contributed by atoms with E-state index in [0.717, 1.165) is 37.4 Å². The minimum absolute atomic E-state index is 0.0285. The molecule has 0 radical (unpaired) electrons. The van der Waals surface area contributed by atoms with Gasteiger partial charge in [0.05, 0.1) is 30.0 Å². The molecule has 0 amide bonds. The van der Waals surface area contributed by atoms with Crippen molar-refractivity contribution in [2.45, 2.75) is 26.1 Å². The molecule has 0 bridgehead atoms. The van der Waals surface area contributed by atoms with Crippen LogP contribution in [0.15, 0.2) is 18.2 Å². The zero-order valence-electron chi connectivity index (χ0n) is 10.0. The lowest BCUT2D eigenvalue weighted by molar-refractivity contribution is 0.0384. The number of aliphatic hydroxyl groups is 1. The third-order valence-corrected chi connectivity index (χ3v) is 3.43. The van der Waals surface area contributed by atoms with E-state index in [2.05, 4.69) is 11.8 Å². The molecule has 17 heavy (non-hydrogen) atoms. The molecule has 0 spiro atoms. The van der Waals surface area contributed by atoms with Crippen molar-refractivity contribution in [3.63, 3.8) is 0 Å². The van der Waals surface area contributed by atoms with E-state index in [9.17, 15) is 0 Å². The first-order valence-electron chi connectivity index (χ1n) is 6.00. The predicted molar refractivity (Wildman–Crippen MR) is 69.6 cm³/mol. The van der Waals surface area contributed by atoms with Gasteiger partial charge >= 0.3 is 0 Å². The average molecular weight is 256 g/mol. The van der Waals surface area contributed by atoms with Gasteiger partial charge in [0.1, 0.15) is 0 Å². The maximum absolute atomic E-state index is 9.05. The molecule has 1 N–H and O–H groups in total. The largest absolute Gasteiger partial charge is 0.392 e. The second kappa shape index (κ2) is 5.71. The van der Waals surface area contributed by atoms with Crippen LogP contribution >= 0.6 is 11.6 Å². The number of benzene rings is 1. The van der Waals surface area contributed by atoms with Crippen molar-refractivity contribution in [3.8, 4) is 0 Å². The van der Waals surface area contributed by atoms with Crippen molar-refractivity contribution >= 4 is 17.3 Å². The van der Waals surface area contributed by atoms with E-state index in [1.165, 1.54) is 0 Å². The maximum atomic E-state index is 9.05. The van der Waals surface area contributed by atoms with Crippen LogP contribution < -0.4 is 4.90 Å². The Balaban J connectivity index is 2.16. The number of halogens is 1. The highest BCUT2D eigenvalue weighted by Crippen LogP contribution is 2.28. The van der Waals surface area contributed by atoms with Gasteiger partial charge in [0.15, 0.2) is 0 Å². The molecule has 4 heteroatoms. The van der Waals surface area contributed by atoms with Gasteiger partial charge in [-0.25, -0.2) is 0 Å². The monoisotopic (exact) mass is 255 g/mol. The van der Waals surface area contributed by atoms with E-state index < -0.39 is 0 Å². The van der Waals surface area contributed by atoms with Crippen LogP contribution in [0.5, 0.6) is 0 Å². The number of anilines is 1. The Labute approximate surface area is 107 Å². The van der Waals surface area contributed by atoms with Gasteiger partial charge in [-0.05, 0) is 24.1 Å². The summed E-state index contributed by atoms with van der Waals surface area (Å²) >= 11 is 6.24. The van der Waals surface area contributed by atoms with E-state index in [1.54, 1.807) is 0 Å². The SMILES string of the molecule is CCC1CN(c2ccc(CO)cc2Cl)CCO1. The molecule has 1 aromatic rings. The first-order chi connectivity index (χ1) is 8.24. The summed E-state index contributed by atoms with van der Waals surface area (Å²) in [7, 11) is 0. The molecule has 1 heterocycles. The van der Waals surface area contributed by atoms with Crippen LogP contribution in [0.1, 0.15) is 18.9 Å². The lowest BCUT2D eigenvalue weighted by Crippen LogP contribution is -2.42. The molecule has 3 nitrogen and oxygen atoms in total. The third kappa shape index (κ3) is 2.92. The molecule has 0 aromatic heterocycles. The topological polar surface area (TPSA) is 32.7 Å². The zero-order chi connectivity index (χ0) is 12.3. The highest BCUT2D eigenvalue weighted by molar-refractivity contribution is 6.33. The molecule has 1 saturated heterocycles. The Morgan fingerprint density at radius 1 is 1.53 bits per heavy atom. The molecule has 94 valence electrons. The standard InChI is InChI=1S/C13H18ClNO2/c1-2-11-8-15(5-6-17-11)13-4-3-10(9-16)7-12(13)14/h3-4,7,11,16H,2,5-6,8-9H2,1H3. The molecule has 1 aliphatic rings. The van der Waals surface area contributed by atoms with Gasteiger partial charge in [0.2, 0.25) is 0 Å². The normalized spacial score (nSPS) is 20.6. The molecule has 1 atom stereocenters. The quantitative estimate of drug-likeness (QED) is 0.901. The molecule has 1 aliphatic heterocycles. The lowest BCUT2D eigenvalue weighted by Gasteiger charge is -2.34. The van der Waals surface area contributed by atoms with Gasteiger partial charge in [-0.3, -0.25) is 0 Å². The highest BCUT2D eigenvalue weighted by Gasteiger charge is 2.20. The van der Waals surface area contributed by atoms with Gasteiger partial charge in [0, 0.05) is 13.1 Å². The Bertz CT molecular complexity index is 384. The van der Waals surface area contributed by atoms with E-state index >= 15 is 0 Å². The van der Waals surface area contributed by atoms with Crippen LogP contribution in [0.3, 0.4) is 0 Å². The van der Waals surface area contributed by atoms with Crippen LogP contribution in [0.2, 0.25) is 5.02 Å². The van der Waals surface area contributed by atoms with Crippen LogP contribution in [-0.2, 0) is 11.3 Å². The second-order valence-corrected chi connectivity index (χ2v) is 4.70. The molecule has 1 fully saturated rings. The summed E-state index contributed by atoms with van der Waals surface area (Å²) in [6.07, 6.45) is 1.31. The Morgan fingerprint density at radius 3 is 3.00 bits per heavy atom. The summed E-state index contributed by atoms with van der Waals surface area (Å²) in [5.74, 6) is 0. The summed E-state index contributed by atoms with van der Waals surface area (Å²) in [5, 5.41) is 9.75. The highest BCUT2D eigenvalue weighted by atomic mass is 35.5. The second-order valence-electron chi connectivity index (χ2n) is 4.29. The molecule has 1 unspecified atom stereocenters. The third-order valence-electron chi connectivity index (χ3n) is 3.13. The van der Waals surface area contributed by atoms with Gasteiger partial charge in [-0.1, -0.05) is 24.6 Å². The minimum atomic E-state index is 0.0285. The number of ether oxygens (including phenoxy) is 1. The summed E-state index contributed by atoms with van der Waals surface area (Å²) in [5.41, 5.74) is 1.88. The molecule has 2 rings (SSSR count). The van der Waals surface area contributed by atoms with Gasteiger partial charge in [-0.2, -0.15) is 0 Å². The van der Waals surface area contributed by atoms with E-state index in [1.807, 2.05) is 18.2 Å². The first kappa shape index (κ1) is 12.7. The molecule has 0 saturated carbocycles. The summed E-state index contributed by atoms with van der Waals surface area (Å²) in [4.78, 5) is 2.25. The van der Waals surface area contributed by atoms with Crippen LogP contribution in [-0.4, -0.2) is 30.9 Å². The summed E-state index contributed by atoms with van der Waals surface area (Å²) in [6, 6.07) is 5.72. The van der Waals surface area contributed by atoms with Crippen molar-refractivity contribution < 1.29 is 9.84 Å². The molecule has 1 aromatic carbocycles. The Kier molecular flexibility index (Phi) is 4.26. The van der Waals surface area contributed by atoms with Crippen molar-refractivity contribution in [1.82, 2.24) is 0 Å². The van der Waals surface area contributed by atoms with E-state index in [4.69, 9.17) is 21.4 Å². The van der Waals surface area contributed by atoms with Crippen LogP contribution in [0.4, 0.5) is 5.69 Å². The van der Waals surface area contributed by atoms with Crippen LogP contribution in [0, 0.1) is 0 Å². The van der Waals surface area contributed by atoms with Crippen molar-refractivity contribution in [2.75, 3.05) is 24.6 Å². The van der Waals surface area contributed by atoms with Crippen molar-refractivity contribution in [2.24, 2.45) is 0 Å². The molecular weight excluding hydrogens is 238 g/mol. The first-order valence-corrected chi connectivity index (χ1v) is 6.38. The molecular formula is C13H18ClNO2. The number of morpholine rings is 1. The van der Waals surface area contributed by atoms with Gasteiger partial charge < -0.3 is 14.7 Å². The van der Waals surface area contributed by atoms with Crippen LogP contribution in [0.25, 0.3) is 0 Å². The minimum Gasteiger partial charge on any atom is -0.392 e.